The van der Waals surface area contributed by atoms with Crippen LogP contribution in [0.25, 0.3) is 5.69 Å². The fraction of sp³-hybridized carbons (Fsp3) is 0.182. The minimum atomic E-state index is -3.65. The molecular formula is C22H23FN4O3S. The third-order valence-corrected chi connectivity index (χ3v) is 5.83. The number of aromatic nitrogens is 1. The number of halogens is 1. The van der Waals surface area contributed by atoms with Crippen molar-refractivity contribution in [2.75, 3.05) is 17.1 Å². The van der Waals surface area contributed by atoms with Crippen molar-refractivity contribution in [1.82, 2.24) is 9.99 Å². The zero-order chi connectivity index (χ0) is 22.6. The van der Waals surface area contributed by atoms with Gasteiger partial charge in [0.2, 0.25) is 10.0 Å². The summed E-state index contributed by atoms with van der Waals surface area (Å²) in [5, 5.41) is 3.95. The SMILES string of the molecule is Cc1cc(/C=N/NC(=O)CN(c2ccccc2)S(C)(=O)=O)c(C)n1-c1ccccc1F. The molecule has 0 saturated heterocycles. The zero-order valence-corrected chi connectivity index (χ0v) is 18.2. The number of hydrazone groups is 1. The molecule has 3 rings (SSSR count). The predicted molar refractivity (Wildman–Crippen MR) is 120 cm³/mol. The number of para-hydroxylation sites is 2. The van der Waals surface area contributed by atoms with Gasteiger partial charge in [-0.05, 0) is 44.2 Å². The minimum absolute atomic E-state index is 0.345. The fourth-order valence-corrected chi connectivity index (χ4v) is 4.11. The Bertz CT molecular complexity index is 1220. The lowest BCUT2D eigenvalue weighted by molar-refractivity contribution is -0.119. The summed E-state index contributed by atoms with van der Waals surface area (Å²) < 4.78 is 41.1. The van der Waals surface area contributed by atoms with Crippen LogP contribution in [0.1, 0.15) is 17.0 Å². The Morgan fingerprint density at radius 1 is 1.13 bits per heavy atom. The number of amides is 1. The smallest absolute Gasteiger partial charge is 0.260 e. The highest BCUT2D eigenvalue weighted by atomic mass is 32.2. The van der Waals surface area contributed by atoms with Crippen molar-refractivity contribution in [1.29, 1.82) is 0 Å². The molecule has 0 unspecified atom stereocenters. The number of aryl methyl sites for hydroxylation is 1. The quantitative estimate of drug-likeness (QED) is 0.451. The number of hydrogen-bond acceptors (Lipinski definition) is 4. The second-order valence-electron chi connectivity index (χ2n) is 7.01. The van der Waals surface area contributed by atoms with Gasteiger partial charge in [-0.1, -0.05) is 30.3 Å². The summed E-state index contributed by atoms with van der Waals surface area (Å²) in [6.45, 7) is 3.26. The summed E-state index contributed by atoms with van der Waals surface area (Å²) in [4.78, 5) is 12.3. The largest absolute Gasteiger partial charge is 0.315 e. The number of nitrogens with one attached hydrogen (secondary N) is 1. The van der Waals surface area contributed by atoms with Crippen molar-refractivity contribution in [2.24, 2.45) is 5.10 Å². The van der Waals surface area contributed by atoms with E-state index in [0.29, 0.717) is 16.9 Å². The van der Waals surface area contributed by atoms with Gasteiger partial charge >= 0.3 is 0 Å². The van der Waals surface area contributed by atoms with Crippen LogP contribution in [0.4, 0.5) is 10.1 Å². The molecule has 0 bridgehead atoms. The van der Waals surface area contributed by atoms with Gasteiger partial charge < -0.3 is 4.57 Å². The molecule has 0 fully saturated rings. The molecule has 7 nitrogen and oxygen atoms in total. The summed E-state index contributed by atoms with van der Waals surface area (Å²) in [5.41, 5.74) is 5.42. The molecule has 31 heavy (non-hydrogen) atoms. The van der Waals surface area contributed by atoms with Crippen LogP contribution in [0, 0.1) is 19.7 Å². The summed E-state index contributed by atoms with van der Waals surface area (Å²) in [7, 11) is -3.65. The Morgan fingerprint density at radius 3 is 2.42 bits per heavy atom. The maximum atomic E-state index is 14.2. The number of benzene rings is 2. The average molecular weight is 443 g/mol. The lowest BCUT2D eigenvalue weighted by Gasteiger charge is -2.21. The van der Waals surface area contributed by atoms with Crippen LogP contribution in [-0.4, -0.2) is 37.9 Å². The van der Waals surface area contributed by atoms with Gasteiger partial charge in [0.25, 0.3) is 5.91 Å². The van der Waals surface area contributed by atoms with Crippen LogP contribution >= 0.6 is 0 Å². The number of sulfonamides is 1. The summed E-state index contributed by atoms with van der Waals surface area (Å²) in [5.74, 6) is -0.934. The molecule has 9 heteroatoms. The molecule has 0 spiro atoms. The highest BCUT2D eigenvalue weighted by Gasteiger charge is 2.20. The van der Waals surface area contributed by atoms with E-state index in [1.165, 1.54) is 12.3 Å². The monoisotopic (exact) mass is 442 g/mol. The van der Waals surface area contributed by atoms with Crippen LogP contribution in [0.5, 0.6) is 0 Å². The van der Waals surface area contributed by atoms with Gasteiger partial charge in [-0.15, -0.1) is 0 Å². The molecule has 162 valence electrons. The van der Waals surface area contributed by atoms with E-state index in [1.807, 2.05) is 19.9 Å². The van der Waals surface area contributed by atoms with Gasteiger partial charge in [0.1, 0.15) is 12.4 Å². The van der Waals surface area contributed by atoms with Crippen molar-refractivity contribution < 1.29 is 17.6 Å². The number of hydrogen-bond donors (Lipinski definition) is 1. The Labute approximate surface area is 180 Å². The number of carbonyl (C=O) groups excluding carboxylic acids is 1. The fourth-order valence-electron chi connectivity index (χ4n) is 3.26. The topological polar surface area (TPSA) is 83.8 Å². The molecule has 0 aliphatic heterocycles. The van der Waals surface area contributed by atoms with E-state index in [1.54, 1.807) is 53.1 Å². The van der Waals surface area contributed by atoms with Crippen LogP contribution < -0.4 is 9.73 Å². The molecule has 3 aromatic rings. The van der Waals surface area contributed by atoms with Gasteiger partial charge in [0.05, 0.1) is 23.8 Å². The molecular weight excluding hydrogens is 419 g/mol. The third kappa shape index (κ3) is 5.18. The van der Waals surface area contributed by atoms with Crippen molar-refractivity contribution in [3.05, 3.63) is 83.4 Å². The van der Waals surface area contributed by atoms with E-state index in [2.05, 4.69) is 10.5 Å². The predicted octanol–water partition coefficient (Wildman–Crippen LogP) is 3.15. The third-order valence-electron chi connectivity index (χ3n) is 4.69. The Morgan fingerprint density at radius 2 is 1.77 bits per heavy atom. The molecule has 0 atom stereocenters. The number of carbonyl (C=O) groups is 1. The first-order valence-electron chi connectivity index (χ1n) is 9.47. The Balaban J connectivity index is 1.74. The average Bonchev–Trinajstić information content (AvgIpc) is 3.00. The highest BCUT2D eigenvalue weighted by Crippen LogP contribution is 2.22. The van der Waals surface area contributed by atoms with Crippen LogP contribution in [0.2, 0.25) is 0 Å². The molecule has 1 amide bonds. The van der Waals surface area contributed by atoms with Gasteiger partial charge in [0.15, 0.2) is 0 Å². The van der Waals surface area contributed by atoms with E-state index in [0.717, 1.165) is 21.9 Å². The summed E-state index contributed by atoms with van der Waals surface area (Å²) >= 11 is 0. The maximum absolute atomic E-state index is 14.2. The van der Waals surface area contributed by atoms with E-state index in [4.69, 9.17) is 0 Å². The molecule has 1 N–H and O–H groups in total. The number of rotatable bonds is 7. The molecule has 0 aliphatic carbocycles. The lowest BCUT2D eigenvalue weighted by Crippen LogP contribution is -2.38. The summed E-state index contributed by atoms with van der Waals surface area (Å²) in [6, 6.07) is 16.6. The Kier molecular flexibility index (Phi) is 6.55. The van der Waals surface area contributed by atoms with Gasteiger partial charge in [-0.25, -0.2) is 18.2 Å². The van der Waals surface area contributed by atoms with Gasteiger partial charge in [-0.2, -0.15) is 5.10 Å². The van der Waals surface area contributed by atoms with Crippen LogP contribution in [-0.2, 0) is 14.8 Å². The standard InChI is InChI=1S/C22H23FN4O3S/c1-16-13-18(17(2)27(16)21-12-8-7-11-20(21)23)14-24-25-22(28)15-26(31(3,29)30)19-9-5-4-6-10-19/h4-14H,15H2,1-3H3,(H,25,28)/b24-14+. The normalized spacial score (nSPS) is 11.6. The second kappa shape index (κ2) is 9.13. The number of nitrogens with zero attached hydrogens (tertiary/aromatic N) is 3. The van der Waals surface area contributed by atoms with E-state index in [-0.39, 0.29) is 5.82 Å². The highest BCUT2D eigenvalue weighted by molar-refractivity contribution is 7.92. The van der Waals surface area contributed by atoms with E-state index in [9.17, 15) is 17.6 Å². The maximum Gasteiger partial charge on any atom is 0.260 e. The van der Waals surface area contributed by atoms with Crippen LogP contribution in [0.3, 0.4) is 0 Å². The van der Waals surface area contributed by atoms with E-state index >= 15 is 0 Å². The Hall–Kier alpha value is -3.46. The van der Waals surface area contributed by atoms with Crippen LogP contribution in [0.15, 0.2) is 65.8 Å². The molecule has 0 aliphatic rings. The van der Waals surface area contributed by atoms with Crippen molar-refractivity contribution >= 4 is 27.8 Å². The van der Waals surface area contributed by atoms with Crippen molar-refractivity contribution in [3.8, 4) is 5.69 Å². The molecule has 2 aromatic carbocycles. The lowest BCUT2D eigenvalue weighted by atomic mass is 10.2. The minimum Gasteiger partial charge on any atom is -0.315 e. The first kappa shape index (κ1) is 22.2. The first-order chi connectivity index (χ1) is 14.7. The molecule has 0 saturated carbocycles. The molecule has 1 heterocycles. The van der Waals surface area contributed by atoms with Gasteiger partial charge in [0, 0.05) is 17.0 Å². The summed E-state index contributed by atoms with van der Waals surface area (Å²) in [6.07, 6.45) is 2.49. The van der Waals surface area contributed by atoms with E-state index < -0.39 is 22.5 Å². The first-order valence-corrected chi connectivity index (χ1v) is 11.3. The van der Waals surface area contributed by atoms with Crippen molar-refractivity contribution in [3.63, 3.8) is 0 Å². The zero-order valence-electron chi connectivity index (χ0n) is 17.4. The van der Waals surface area contributed by atoms with Crippen molar-refractivity contribution in [2.45, 2.75) is 13.8 Å². The number of anilines is 1. The van der Waals surface area contributed by atoms with Gasteiger partial charge in [-0.3, -0.25) is 9.10 Å². The second-order valence-corrected chi connectivity index (χ2v) is 8.92. The molecule has 1 aromatic heterocycles. The molecule has 0 radical (unpaired) electrons.